The van der Waals surface area contributed by atoms with Gasteiger partial charge in [-0.1, -0.05) is 41.4 Å². The summed E-state index contributed by atoms with van der Waals surface area (Å²) < 4.78 is 1.69. The number of hydrogen-bond donors (Lipinski definition) is 0. The van der Waals surface area contributed by atoms with Crippen LogP contribution in [0.15, 0.2) is 60.0 Å². The number of nitrogens with zero attached hydrogens (tertiary/aromatic N) is 2. The first-order valence-electron chi connectivity index (χ1n) is 8.20. The Hall–Kier alpha value is -2.37. The normalized spacial score (nSPS) is 19.3. The van der Waals surface area contributed by atoms with Crippen LogP contribution in [0.4, 0.5) is 10.5 Å². The average molecular weight is 384 g/mol. The van der Waals surface area contributed by atoms with Gasteiger partial charge in [0.15, 0.2) is 5.25 Å². The number of carbonyl (C=O) groups is 2. The molecule has 0 aromatic heterocycles. The third kappa shape index (κ3) is 2.97. The molecule has 4 nitrogen and oxygen atoms in total. The average Bonchev–Trinajstić information content (AvgIpc) is 3.10. The maximum absolute atomic E-state index is 13.2. The first-order valence-corrected chi connectivity index (χ1v) is 9.52. The molecule has 0 fully saturated rings. The number of imide groups is 1. The number of rotatable bonds is 3. The van der Waals surface area contributed by atoms with Gasteiger partial charge in [0.1, 0.15) is 17.9 Å². The van der Waals surface area contributed by atoms with Gasteiger partial charge in [0.2, 0.25) is 0 Å². The van der Waals surface area contributed by atoms with Gasteiger partial charge in [-0.3, -0.25) is 0 Å². The van der Waals surface area contributed by atoms with E-state index in [4.69, 9.17) is 11.6 Å². The van der Waals surface area contributed by atoms with Crippen LogP contribution in [0.3, 0.4) is 0 Å². The zero-order valence-corrected chi connectivity index (χ0v) is 15.6. The van der Waals surface area contributed by atoms with Crippen molar-refractivity contribution >= 4 is 46.7 Å². The summed E-state index contributed by atoms with van der Waals surface area (Å²) in [7, 11) is 0. The largest absolute Gasteiger partial charge is 0.506 e. The monoisotopic (exact) mass is 383 g/mol. The van der Waals surface area contributed by atoms with E-state index in [-0.39, 0.29) is 11.9 Å². The first-order chi connectivity index (χ1) is 12.5. The number of carbonyl (C=O) groups excluding carboxylic acids is 2. The molecule has 2 aliphatic rings. The molecule has 1 unspecified atom stereocenters. The zero-order valence-electron chi connectivity index (χ0n) is 14.1. The third-order valence-corrected chi connectivity index (χ3v) is 5.67. The maximum atomic E-state index is 13.2. The molecule has 1 atom stereocenters. The van der Waals surface area contributed by atoms with Crippen LogP contribution in [0.1, 0.15) is 11.1 Å². The molecule has 3 amide bonds. The van der Waals surface area contributed by atoms with Gasteiger partial charge in [-0.25, -0.2) is 4.79 Å². The second-order valence-corrected chi connectivity index (χ2v) is 7.70. The van der Waals surface area contributed by atoms with Crippen LogP contribution in [0.25, 0.3) is 0 Å². The minimum absolute atomic E-state index is 0.220. The van der Waals surface area contributed by atoms with Crippen molar-refractivity contribution in [1.82, 2.24) is 0 Å². The van der Waals surface area contributed by atoms with E-state index in [0.717, 1.165) is 16.8 Å². The summed E-state index contributed by atoms with van der Waals surface area (Å²) in [5, 5.41) is 2.04. The van der Waals surface area contributed by atoms with Crippen molar-refractivity contribution in [2.45, 2.75) is 18.7 Å². The number of fused-ring (bicyclic) bond motifs is 1. The summed E-state index contributed by atoms with van der Waals surface area (Å²) in [5.41, 5.74) is 3.44. The molecule has 0 N–H and O–H groups in total. The second kappa shape index (κ2) is 6.74. The molecule has 0 radical (unpaired) electrons. The Balaban J connectivity index is 1.76. The zero-order chi connectivity index (χ0) is 18.3. The van der Waals surface area contributed by atoms with Gasteiger partial charge in [0.05, 0.1) is 0 Å². The number of allylic oxidation sites excluding steroid dienone is 1. The van der Waals surface area contributed by atoms with Crippen molar-refractivity contribution < 1.29 is 14.2 Å². The molecule has 2 aromatic carbocycles. The minimum Gasteiger partial charge on any atom is -0.244 e. The Bertz CT molecular complexity index is 966. The van der Waals surface area contributed by atoms with Crippen LogP contribution >= 0.6 is 23.4 Å². The van der Waals surface area contributed by atoms with Gasteiger partial charge in [0, 0.05) is 5.02 Å². The molecule has 6 heteroatoms. The van der Waals surface area contributed by atoms with Gasteiger partial charge in [-0.15, -0.1) is 16.7 Å². The predicted molar refractivity (Wildman–Crippen MR) is 105 cm³/mol. The number of halogens is 1. The molecule has 0 saturated heterocycles. The first kappa shape index (κ1) is 17.1. The van der Waals surface area contributed by atoms with Crippen molar-refractivity contribution in [2.75, 3.05) is 4.90 Å². The number of hydrogen-bond acceptors (Lipinski definition) is 3. The predicted octanol–water partition coefficient (Wildman–Crippen LogP) is 4.40. The highest BCUT2D eigenvalue weighted by Crippen LogP contribution is 2.31. The lowest BCUT2D eigenvalue weighted by atomic mass is 10.1. The van der Waals surface area contributed by atoms with E-state index < -0.39 is 5.25 Å². The molecule has 4 rings (SSSR count). The smallest absolute Gasteiger partial charge is 0.244 e. The van der Waals surface area contributed by atoms with E-state index in [9.17, 15) is 9.59 Å². The van der Waals surface area contributed by atoms with Gasteiger partial charge in [0.25, 0.3) is 0 Å². The van der Waals surface area contributed by atoms with Crippen LogP contribution < -0.4 is 4.90 Å². The summed E-state index contributed by atoms with van der Waals surface area (Å²) in [6, 6.07) is 14.5. The van der Waals surface area contributed by atoms with Crippen LogP contribution in [0, 0.1) is 6.92 Å². The van der Waals surface area contributed by atoms with Crippen molar-refractivity contribution in [3.63, 3.8) is 0 Å². The highest BCUT2D eigenvalue weighted by atomic mass is 35.5. The number of amides is 3. The maximum Gasteiger partial charge on any atom is 0.506 e. The lowest BCUT2D eigenvalue weighted by Gasteiger charge is -2.24. The van der Waals surface area contributed by atoms with Crippen molar-refractivity contribution in [3.8, 4) is 0 Å². The van der Waals surface area contributed by atoms with E-state index in [1.807, 2.05) is 36.6 Å². The summed E-state index contributed by atoms with van der Waals surface area (Å²) in [5.74, 6) is -0.220. The summed E-state index contributed by atoms with van der Waals surface area (Å²) in [4.78, 5) is 27.4. The Morgan fingerprint density at radius 2 is 1.92 bits per heavy atom. The van der Waals surface area contributed by atoms with Crippen LogP contribution in [-0.2, 0) is 11.3 Å². The topological polar surface area (TPSA) is 40.4 Å². The molecule has 2 aliphatic heterocycles. The number of aryl methyl sites for hydroxylation is 1. The fraction of sp³-hybridized carbons (Fsp3) is 0.150. The Kier molecular flexibility index (Phi) is 4.42. The molecular formula is C20H16ClN2O2S+. The Morgan fingerprint density at radius 3 is 2.65 bits per heavy atom. The van der Waals surface area contributed by atoms with Crippen molar-refractivity contribution in [3.05, 3.63) is 76.2 Å². The third-order valence-electron chi connectivity index (χ3n) is 4.41. The molecule has 0 aliphatic carbocycles. The Labute approximate surface area is 160 Å². The quantitative estimate of drug-likeness (QED) is 0.737. The molecule has 26 heavy (non-hydrogen) atoms. The van der Waals surface area contributed by atoms with E-state index in [1.54, 1.807) is 28.8 Å². The number of anilines is 1. The van der Waals surface area contributed by atoms with E-state index in [2.05, 4.69) is 6.07 Å². The van der Waals surface area contributed by atoms with Crippen LogP contribution in [0.2, 0.25) is 5.02 Å². The van der Waals surface area contributed by atoms with Crippen LogP contribution in [-0.4, -0.2) is 27.5 Å². The number of benzene rings is 2. The van der Waals surface area contributed by atoms with Crippen molar-refractivity contribution in [2.24, 2.45) is 0 Å². The van der Waals surface area contributed by atoms with Gasteiger partial charge >= 0.3 is 11.9 Å². The van der Waals surface area contributed by atoms with E-state index >= 15 is 0 Å². The van der Waals surface area contributed by atoms with Crippen molar-refractivity contribution in [1.29, 1.82) is 0 Å². The standard InChI is InChI=1S/C20H16ClN2O2S/c1-13-3-2-4-14(11-13)12-22-17-9-10-26-18(17)19(24)23(20(22)25)16-7-5-15(21)6-8-16/h2-11,18H,12H2,1H3/q+1. The fourth-order valence-corrected chi connectivity index (χ4v) is 4.25. The van der Waals surface area contributed by atoms with Gasteiger partial charge in [-0.05, 0) is 48.2 Å². The van der Waals surface area contributed by atoms with E-state index in [1.165, 1.54) is 16.7 Å². The molecule has 2 aromatic rings. The summed E-state index contributed by atoms with van der Waals surface area (Å²) in [6.45, 7) is 2.45. The lowest BCUT2D eigenvalue weighted by Crippen LogP contribution is -2.55. The van der Waals surface area contributed by atoms with E-state index in [0.29, 0.717) is 17.3 Å². The molecule has 0 saturated carbocycles. The Morgan fingerprint density at radius 1 is 1.15 bits per heavy atom. The van der Waals surface area contributed by atoms with Gasteiger partial charge < -0.3 is 0 Å². The number of thioether (sulfide) groups is 1. The molecular weight excluding hydrogens is 368 g/mol. The van der Waals surface area contributed by atoms with Crippen LogP contribution in [0.5, 0.6) is 0 Å². The molecule has 130 valence electrons. The molecule has 0 bridgehead atoms. The summed E-state index contributed by atoms with van der Waals surface area (Å²) in [6.07, 6.45) is 1.86. The molecule has 2 heterocycles. The number of urea groups is 1. The lowest BCUT2D eigenvalue weighted by molar-refractivity contribution is -0.444. The second-order valence-electron chi connectivity index (χ2n) is 6.25. The summed E-state index contributed by atoms with van der Waals surface area (Å²) >= 11 is 7.37. The fourth-order valence-electron chi connectivity index (χ4n) is 3.18. The minimum atomic E-state index is -0.395. The molecule has 0 spiro atoms. The highest BCUT2D eigenvalue weighted by Gasteiger charge is 2.49. The van der Waals surface area contributed by atoms with Gasteiger partial charge in [-0.2, -0.15) is 9.37 Å². The highest BCUT2D eigenvalue weighted by molar-refractivity contribution is 8.04. The SMILES string of the molecule is Cc1cccc(C[N+]2=C3C=CSC3C(=O)N(c3ccc(Cl)cc3)C2=O)c1.